The standard InChI is InChI=1S/C29H20Cl2N2O5.Ca/c30-23-2-1-3-24(31)26(23)27-22(28(38-33-27)16-4-5-16)15-36-20-9-6-18-13-21(10-7-17(18)12-20)37-25-11-8-19(14-32-25)29(34)35;/h1-3,6-14,16H,4-5,15H2,(H,34,35);/q;+2/p-1. The monoisotopic (exact) mass is 585 g/mol. The number of halogens is 2. The molecular weight excluding hydrogens is 567 g/mol. The van der Waals surface area contributed by atoms with Gasteiger partial charge in [-0.1, -0.05) is 46.6 Å². The number of aromatic nitrogens is 2. The minimum absolute atomic E-state index is 0. The Balaban J connectivity index is 0.00000308. The maximum absolute atomic E-state index is 10.9. The Morgan fingerprint density at radius 3 is 2.31 bits per heavy atom. The number of benzene rings is 3. The van der Waals surface area contributed by atoms with E-state index in [1.165, 1.54) is 18.3 Å². The molecule has 0 unspecified atom stereocenters. The summed E-state index contributed by atoms with van der Waals surface area (Å²) >= 11 is 12.9. The van der Waals surface area contributed by atoms with Gasteiger partial charge in [-0.3, -0.25) is 0 Å². The van der Waals surface area contributed by atoms with Crippen molar-refractivity contribution in [3.8, 4) is 28.6 Å². The van der Waals surface area contributed by atoms with Crippen LogP contribution in [0.1, 0.15) is 40.4 Å². The van der Waals surface area contributed by atoms with Gasteiger partial charge in [-0.15, -0.1) is 0 Å². The molecule has 6 rings (SSSR count). The number of rotatable bonds is 8. The Kier molecular flexibility index (Phi) is 8.35. The van der Waals surface area contributed by atoms with Gasteiger partial charge in [0.05, 0.1) is 21.6 Å². The number of carbonyl (C=O) groups is 1. The molecule has 0 spiro atoms. The quantitative estimate of drug-likeness (QED) is 0.193. The number of fused-ring (bicyclic) bond motifs is 1. The van der Waals surface area contributed by atoms with Gasteiger partial charge in [-0.25, -0.2) is 4.98 Å². The van der Waals surface area contributed by atoms with Crippen molar-refractivity contribution < 1.29 is 23.9 Å². The van der Waals surface area contributed by atoms with Crippen LogP contribution < -0.4 is 14.6 Å². The van der Waals surface area contributed by atoms with E-state index in [0.717, 1.165) is 34.9 Å². The SMILES string of the molecule is O=C([O-])c1ccc(Oc2ccc3cc(OCc4c(-c5c(Cl)cccc5Cl)noc4C4CC4)ccc3c2)nc1.[Ca+2]. The molecule has 0 radical (unpaired) electrons. The van der Waals surface area contributed by atoms with Gasteiger partial charge in [0.1, 0.15) is 29.6 Å². The minimum atomic E-state index is -1.29. The van der Waals surface area contributed by atoms with Crippen LogP contribution in [0.25, 0.3) is 22.0 Å². The van der Waals surface area contributed by atoms with Crippen molar-refractivity contribution in [1.29, 1.82) is 0 Å². The number of ether oxygens (including phenoxy) is 2. The number of carboxylic acids is 1. The molecule has 0 atom stereocenters. The number of hydrogen-bond acceptors (Lipinski definition) is 7. The number of carbonyl (C=O) groups excluding carboxylic acids is 1. The fraction of sp³-hybridized carbons (Fsp3) is 0.138. The zero-order valence-corrected chi connectivity index (χ0v) is 24.2. The van der Waals surface area contributed by atoms with Gasteiger partial charge < -0.3 is 23.9 Å². The molecule has 0 aliphatic heterocycles. The third-order valence-electron chi connectivity index (χ3n) is 6.33. The average Bonchev–Trinajstić information content (AvgIpc) is 3.68. The van der Waals surface area contributed by atoms with Crippen LogP contribution in [0, 0.1) is 0 Å². The predicted molar refractivity (Wildman–Crippen MR) is 147 cm³/mol. The van der Waals surface area contributed by atoms with Gasteiger partial charge in [0.15, 0.2) is 0 Å². The smallest absolute Gasteiger partial charge is 0.545 e. The first kappa shape index (κ1) is 27.7. The third kappa shape index (κ3) is 6.03. The van der Waals surface area contributed by atoms with Crippen molar-refractivity contribution in [3.63, 3.8) is 0 Å². The van der Waals surface area contributed by atoms with Gasteiger partial charge in [0, 0.05) is 29.3 Å². The zero-order chi connectivity index (χ0) is 26.2. The van der Waals surface area contributed by atoms with Crippen molar-refractivity contribution in [1.82, 2.24) is 10.1 Å². The van der Waals surface area contributed by atoms with Gasteiger partial charge in [-0.2, -0.15) is 0 Å². The van der Waals surface area contributed by atoms with E-state index in [-0.39, 0.29) is 55.8 Å². The molecule has 5 aromatic rings. The molecule has 1 fully saturated rings. The summed E-state index contributed by atoms with van der Waals surface area (Å²) in [6, 6.07) is 19.6. The zero-order valence-electron chi connectivity index (χ0n) is 20.5. The molecule has 0 bridgehead atoms. The summed E-state index contributed by atoms with van der Waals surface area (Å²) in [7, 11) is 0. The summed E-state index contributed by atoms with van der Waals surface area (Å²) in [6.07, 6.45) is 3.30. The molecule has 39 heavy (non-hydrogen) atoms. The van der Waals surface area contributed by atoms with E-state index in [0.29, 0.717) is 38.7 Å². The second-order valence-electron chi connectivity index (χ2n) is 8.98. The largest absolute Gasteiger partial charge is 2.00 e. The number of pyridine rings is 1. The van der Waals surface area contributed by atoms with Crippen molar-refractivity contribution in [2.45, 2.75) is 25.4 Å². The second-order valence-corrected chi connectivity index (χ2v) is 9.79. The summed E-state index contributed by atoms with van der Waals surface area (Å²) in [5, 5.41) is 18.1. The molecular formula is C29H19CaCl2N2O5+. The first-order valence-electron chi connectivity index (χ1n) is 11.9. The van der Waals surface area contributed by atoms with E-state index >= 15 is 0 Å². The maximum atomic E-state index is 10.9. The maximum Gasteiger partial charge on any atom is 2.00 e. The molecule has 2 heterocycles. The summed E-state index contributed by atoms with van der Waals surface area (Å²) in [5.41, 5.74) is 2.08. The topological polar surface area (TPSA) is 97.5 Å². The van der Waals surface area contributed by atoms with Crippen molar-refractivity contribution in [2.75, 3.05) is 0 Å². The summed E-state index contributed by atoms with van der Waals surface area (Å²) in [4.78, 5) is 14.9. The predicted octanol–water partition coefficient (Wildman–Crippen LogP) is 6.43. The van der Waals surface area contributed by atoms with Crippen molar-refractivity contribution in [3.05, 3.63) is 99.9 Å². The molecule has 190 valence electrons. The van der Waals surface area contributed by atoms with Gasteiger partial charge >= 0.3 is 37.7 Å². The normalized spacial score (nSPS) is 12.7. The van der Waals surface area contributed by atoms with Crippen LogP contribution in [0.2, 0.25) is 10.0 Å². The van der Waals surface area contributed by atoms with E-state index in [2.05, 4.69) is 10.1 Å². The molecule has 1 aliphatic rings. The Labute approximate surface area is 263 Å². The number of nitrogens with zero attached hydrogens (tertiary/aromatic N) is 2. The van der Waals surface area contributed by atoms with Crippen LogP contribution in [-0.2, 0) is 6.61 Å². The second kappa shape index (κ2) is 11.7. The molecule has 3 aromatic carbocycles. The average molecular weight is 586 g/mol. The first-order valence-corrected chi connectivity index (χ1v) is 12.7. The number of aromatic carboxylic acids is 1. The van der Waals surface area contributed by atoms with Crippen LogP contribution in [-0.4, -0.2) is 53.8 Å². The molecule has 0 amide bonds. The Morgan fingerprint density at radius 1 is 0.974 bits per heavy atom. The Bertz CT molecular complexity index is 1650. The molecule has 0 saturated heterocycles. The van der Waals surface area contributed by atoms with E-state index < -0.39 is 5.97 Å². The molecule has 7 nitrogen and oxygen atoms in total. The molecule has 2 aromatic heterocycles. The molecule has 1 aliphatic carbocycles. The summed E-state index contributed by atoms with van der Waals surface area (Å²) in [6.45, 7) is 0.256. The van der Waals surface area contributed by atoms with E-state index in [9.17, 15) is 9.90 Å². The molecule has 10 heteroatoms. The Hall–Kier alpha value is -2.81. The van der Waals surface area contributed by atoms with E-state index in [1.807, 2.05) is 36.4 Å². The molecule has 1 saturated carbocycles. The van der Waals surface area contributed by atoms with Gasteiger partial charge in [0.2, 0.25) is 5.88 Å². The van der Waals surface area contributed by atoms with Crippen molar-refractivity contribution in [2.24, 2.45) is 0 Å². The number of hydrogen-bond donors (Lipinski definition) is 0. The van der Waals surface area contributed by atoms with Gasteiger partial charge in [0.25, 0.3) is 0 Å². The van der Waals surface area contributed by atoms with E-state index in [4.69, 9.17) is 37.2 Å². The van der Waals surface area contributed by atoms with Crippen molar-refractivity contribution >= 4 is 77.7 Å². The molecule has 0 N–H and O–H groups in total. The fourth-order valence-electron chi connectivity index (χ4n) is 4.24. The van der Waals surface area contributed by atoms with Crippen LogP contribution in [0.4, 0.5) is 0 Å². The van der Waals surface area contributed by atoms with Crippen LogP contribution in [0.15, 0.2) is 77.4 Å². The minimum Gasteiger partial charge on any atom is -0.545 e. The van der Waals surface area contributed by atoms with Crippen LogP contribution >= 0.6 is 23.2 Å². The van der Waals surface area contributed by atoms with Crippen LogP contribution in [0.5, 0.6) is 17.4 Å². The first-order chi connectivity index (χ1) is 18.5. The number of carboxylic acid groups (broad SMARTS) is 1. The van der Waals surface area contributed by atoms with Crippen LogP contribution in [0.3, 0.4) is 0 Å². The third-order valence-corrected chi connectivity index (χ3v) is 6.96. The summed E-state index contributed by atoms with van der Waals surface area (Å²) < 4.78 is 17.7. The van der Waals surface area contributed by atoms with E-state index in [1.54, 1.807) is 18.2 Å². The Morgan fingerprint density at radius 2 is 1.67 bits per heavy atom. The van der Waals surface area contributed by atoms with Gasteiger partial charge in [-0.05, 0) is 66.1 Å². The summed E-state index contributed by atoms with van der Waals surface area (Å²) in [5.74, 6) is 1.40. The fourth-order valence-corrected chi connectivity index (χ4v) is 4.82.